The lowest BCUT2D eigenvalue weighted by molar-refractivity contribution is -0.146. The quantitative estimate of drug-likeness (QED) is 0.561. The number of nitrogens with one attached hydrogen (secondary N) is 3. The van der Waals surface area contributed by atoms with E-state index in [0.29, 0.717) is 30.3 Å². The Morgan fingerprint density at radius 3 is 2.55 bits per heavy atom. The van der Waals surface area contributed by atoms with Gasteiger partial charge in [-0.05, 0) is 64.7 Å². The molecule has 5 aliphatic rings. The number of hydrogen-bond acceptors (Lipinski definition) is 7. The normalized spacial score (nSPS) is 37.5. The predicted molar refractivity (Wildman–Crippen MR) is 125 cm³/mol. The van der Waals surface area contributed by atoms with E-state index in [0.717, 1.165) is 65.0 Å². The molecule has 9 nitrogen and oxygen atoms in total. The molecule has 33 heavy (non-hydrogen) atoms. The van der Waals surface area contributed by atoms with Gasteiger partial charge in [0.1, 0.15) is 0 Å². The molecule has 5 unspecified atom stereocenters. The molecule has 0 bridgehead atoms. The molecule has 5 rings (SSSR count). The summed E-state index contributed by atoms with van der Waals surface area (Å²) in [5, 5.41) is 9.23. The summed E-state index contributed by atoms with van der Waals surface area (Å²) < 4.78 is 5.64. The van der Waals surface area contributed by atoms with E-state index in [4.69, 9.17) is 4.74 Å². The third-order valence-corrected chi connectivity index (χ3v) is 8.31. The zero-order valence-corrected chi connectivity index (χ0v) is 20.5. The third-order valence-electron chi connectivity index (χ3n) is 8.31. The van der Waals surface area contributed by atoms with Crippen LogP contribution >= 0.6 is 0 Å². The number of carbonyl (C=O) groups is 2. The lowest BCUT2D eigenvalue weighted by Crippen LogP contribution is -2.67. The molecule has 5 fully saturated rings. The maximum Gasteiger partial charge on any atom is 0.410 e. The Kier molecular flexibility index (Phi) is 6.84. The van der Waals surface area contributed by atoms with Crippen LogP contribution in [0, 0.1) is 17.8 Å². The molecule has 2 amide bonds. The van der Waals surface area contributed by atoms with Crippen LogP contribution in [0.25, 0.3) is 0 Å². The van der Waals surface area contributed by atoms with Crippen LogP contribution in [0.1, 0.15) is 52.9 Å². The number of rotatable bonds is 5. The minimum Gasteiger partial charge on any atom is -0.447 e. The molecule has 3 N–H and O–H groups in total. The highest BCUT2D eigenvalue weighted by molar-refractivity contribution is 5.82. The van der Waals surface area contributed by atoms with E-state index in [1.54, 1.807) is 0 Å². The average molecular weight is 463 g/mol. The molecule has 3 saturated heterocycles. The van der Waals surface area contributed by atoms with Crippen LogP contribution < -0.4 is 16.1 Å². The number of hydrogen-bond donors (Lipinski definition) is 3. The van der Waals surface area contributed by atoms with Crippen LogP contribution in [0.4, 0.5) is 4.79 Å². The Balaban J connectivity index is 1.27. The van der Waals surface area contributed by atoms with Gasteiger partial charge in [-0.3, -0.25) is 15.5 Å². The maximum absolute atomic E-state index is 13.2. The smallest absolute Gasteiger partial charge is 0.410 e. The van der Waals surface area contributed by atoms with Crippen LogP contribution in [0.3, 0.4) is 0 Å². The molecule has 3 heterocycles. The van der Waals surface area contributed by atoms with E-state index in [1.165, 1.54) is 0 Å². The molecular weight excluding hydrogens is 420 g/mol. The summed E-state index contributed by atoms with van der Waals surface area (Å²) in [4.78, 5) is 30.4. The van der Waals surface area contributed by atoms with Gasteiger partial charge < -0.3 is 19.9 Å². The zero-order valence-electron chi connectivity index (χ0n) is 20.5. The molecule has 3 aliphatic heterocycles. The largest absolute Gasteiger partial charge is 0.447 e. The molecule has 2 saturated carbocycles. The SMILES string of the molecule is CC(C)OC(=O)N1C[C@H](C)N(C(=O)C2CC2)C2CCC(C3CNN(CC4CNCN4)C3)CC21. The van der Waals surface area contributed by atoms with Gasteiger partial charge in [0.2, 0.25) is 5.91 Å². The topological polar surface area (TPSA) is 89.2 Å². The predicted octanol–water partition coefficient (Wildman–Crippen LogP) is 0.967. The van der Waals surface area contributed by atoms with Crippen molar-refractivity contribution >= 4 is 12.0 Å². The molecule has 6 atom stereocenters. The molecule has 0 aromatic carbocycles. The second kappa shape index (κ2) is 9.68. The summed E-state index contributed by atoms with van der Waals surface area (Å²) in [5.74, 6) is 1.67. The fourth-order valence-electron chi connectivity index (χ4n) is 6.53. The van der Waals surface area contributed by atoms with Gasteiger partial charge >= 0.3 is 6.09 Å². The Bertz CT molecular complexity index is 725. The van der Waals surface area contributed by atoms with Gasteiger partial charge in [-0.25, -0.2) is 9.80 Å². The second-order valence-electron chi connectivity index (χ2n) is 11.2. The lowest BCUT2D eigenvalue weighted by atomic mass is 9.73. The Morgan fingerprint density at radius 2 is 1.85 bits per heavy atom. The number of hydrazine groups is 1. The van der Waals surface area contributed by atoms with E-state index < -0.39 is 0 Å². The van der Waals surface area contributed by atoms with Crippen LogP contribution in [0.2, 0.25) is 0 Å². The standard InChI is InChI=1S/C24H42N6O3/c1-15(2)33-24(32)29-11-16(3)30(23(31)17-4-5-17)21-7-6-18(8-22(21)29)19-9-27-28(12-19)13-20-10-25-14-26-20/h15-22,25-27H,4-14H2,1-3H3/t16-,18?,19?,20?,21?,22?/m0/s1. The van der Waals surface area contributed by atoms with E-state index in [-0.39, 0.29) is 36.2 Å². The monoisotopic (exact) mass is 462 g/mol. The molecular formula is C24H42N6O3. The van der Waals surface area contributed by atoms with Crippen molar-refractivity contribution in [3.63, 3.8) is 0 Å². The Morgan fingerprint density at radius 1 is 1.03 bits per heavy atom. The fourth-order valence-corrected chi connectivity index (χ4v) is 6.53. The van der Waals surface area contributed by atoms with Crippen molar-refractivity contribution in [2.24, 2.45) is 17.8 Å². The highest BCUT2D eigenvalue weighted by Crippen LogP contribution is 2.42. The van der Waals surface area contributed by atoms with Crippen LogP contribution in [-0.2, 0) is 9.53 Å². The highest BCUT2D eigenvalue weighted by atomic mass is 16.6. The van der Waals surface area contributed by atoms with Crippen molar-refractivity contribution in [2.45, 2.75) is 83.1 Å². The van der Waals surface area contributed by atoms with Gasteiger partial charge in [-0.15, -0.1) is 0 Å². The zero-order chi connectivity index (χ0) is 23.1. The minimum atomic E-state index is -0.211. The molecule has 0 aromatic heterocycles. The van der Waals surface area contributed by atoms with Gasteiger partial charge in [-0.1, -0.05) is 0 Å². The minimum absolute atomic E-state index is 0.0479. The van der Waals surface area contributed by atoms with Crippen molar-refractivity contribution < 1.29 is 14.3 Å². The van der Waals surface area contributed by atoms with Crippen LogP contribution in [0.5, 0.6) is 0 Å². The first-order chi connectivity index (χ1) is 15.9. The first-order valence-electron chi connectivity index (χ1n) is 13.1. The van der Waals surface area contributed by atoms with Crippen LogP contribution in [0.15, 0.2) is 0 Å². The number of nitrogens with zero attached hydrogens (tertiary/aromatic N) is 3. The van der Waals surface area contributed by atoms with Gasteiger partial charge in [0.15, 0.2) is 0 Å². The van der Waals surface area contributed by atoms with E-state index in [9.17, 15) is 9.59 Å². The summed E-state index contributed by atoms with van der Waals surface area (Å²) in [7, 11) is 0. The molecule has 0 aromatic rings. The van der Waals surface area contributed by atoms with Gasteiger partial charge in [0.05, 0.1) is 18.2 Å². The summed E-state index contributed by atoms with van der Waals surface area (Å²) in [6.45, 7) is 11.5. The molecule has 186 valence electrons. The Hall–Kier alpha value is -1.42. The summed E-state index contributed by atoms with van der Waals surface area (Å²) in [6, 6.07) is 0.725. The van der Waals surface area contributed by atoms with Crippen molar-refractivity contribution in [3.8, 4) is 0 Å². The van der Waals surface area contributed by atoms with Crippen molar-refractivity contribution in [3.05, 3.63) is 0 Å². The van der Waals surface area contributed by atoms with Gasteiger partial charge in [0.25, 0.3) is 0 Å². The summed E-state index contributed by atoms with van der Waals surface area (Å²) in [5.41, 5.74) is 3.62. The maximum atomic E-state index is 13.2. The molecule has 0 radical (unpaired) electrons. The number of piperazine rings is 1. The molecule has 0 spiro atoms. The summed E-state index contributed by atoms with van der Waals surface area (Å²) in [6.07, 6.45) is 4.77. The van der Waals surface area contributed by atoms with Crippen LogP contribution in [-0.4, -0.2) is 96.5 Å². The highest BCUT2D eigenvalue weighted by Gasteiger charge is 2.51. The molecule has 2 aliphatic carbocycles. The lowest BCUT2D eigenvalue weighted by Gasteiger charge is -2.54. The fraction of sp³-hybridized carbons (Fsp3) is 0.917. The first-order valence-corrected chi connectivity index (χ1v) is 13.1. The van der Waals surface area contributed by atoms with Gasteiger partial charge in [0, 0.05) is 57.4 Å². The second-order valence-corrected chi connectivity index (χ2v) is 11.2. The number of amides is 2. The third kappa shape index (κ3) is 5.01. The number of carbonyl (C=O) groups excluding carboxylic acids is 2. The van der Waals surface area contributed by atoms with E-state index >= 15 is 0 Å². The van der Waals surface area contributed by atoms with E-state index in [1.807, 2.05) is 18.7 Å². The Labute approximate surface area is 197 Å². The molecule has 9 heteroatoms. The first kappa shape index (κ1) is 23.3. The number of fused-ring (bicyclic) bond motifs is 1. The van der Waals surface area contributed by atoms with Gasteiger partial charge in [-0.2, -0.15) is 0 Å². The number of ether oxygens (including phenoxy) is 1. The van der Waals surface area contributed by atoms with Crippen molar-refractivity contribution in [2.75, 3.05) is 39.4 Å². The van der Waals surface area contributed by atoms with Crippen molar-refractivity contribution in [1.82, 2.24) is 30.9 Å². The average Bonchev–Trinajstić information content (AvgIpc) is 3.31. The van der Waals surface area contributed by atoms with Crippen molar-refractivity contribution in [1.29, 1.82) is 0 Å². The van der Waals surface area contributed by atoms with E-state index in [2.05, 4.69) is 32.9 Å². The summed E-state index contributed by atoms with van der Waals surface area (Å²) >= 11 is 0.